The minimum atomic E-state index is -4.93. The zero-order valence-corrected chi connectivity index (χ0v) is 10.4. The summed E-state index contributed by atoms with van der Waals surface area (Å²) in [6, 6.07) is 0. The van der Waals surface area contributed by atoms with E-state index in [2.05, 4.69) is 0 Å². The monoisotopic (exact) mass is 270 g/mol. The molecule has 0 aliphatic heterocycles. The van der Waals surface area contributed by atoms with E-state index in [1.165, 1.54) is 0 Å². The molecule has 0 saturated carbocycles. The van der Waals surface area contributed by atoms with E-state index in [0.717, 1.165) is 0 Å². The zero-order valence-electron chi connectivity index (χ0n) is 10.4. The van der Waals surface area contributed by atoms with E-state index < -0.39 is 30.1 Å². The maximum atomic E-state index is 12.6. The first-order valence-electron chi connectivity index (χ1n) is 5.26. The lowest BCUT2D eigenvalue weighted by Gasteiger charge is -2.33. The van der Waals surface area contributed by atoms with Gasteiger partial charge in [0.1, 0.15) is 6.54 Å². The van der Waals surface area contributed by atoms with Gasteiger partial charge in [-0.25, -0.2) is 0 Å². The summed E-state index contributed by atoms with van der Waals surface area (Å²) in [6.07, 6.45) is -4.93. The van der Waals surface area contributed by atoms with Gasteiger partial charge >= 0.3 is 12.1 Å². The molecule has 0 aromatic rings. The van der Waals surface area contributed by atoms with Gasteiger partial charge < -0.3 is 15.7 Å². The van der Waals surface area contributed by atoms with Crippen molar-refractivity contribution in [2.24, 2.45) is 11.7 Å². The summed E-state index contributed by atoms with van der Waals surface area (Å²) in [5, 5.41) is 8.60. The van der Waals surface area contributed by atoms with Crippen molar-refractivity contribution < 1.29 is 27.9 Å². The minimum absolute atomic E-state index is 0.103. The summed E-state index contributed by atoms with van der Waals surface area (Å²) in [7, 11) is 0. The third kappa shape index (κ3) is 4.17. The van der Waals surface area contributed by atoms with Gasteiger partial charge in [0.05, 0.1) is 0 Å². The standard InChI is InChI=1S/C10H17F3N2O3/c1-6(2)4-15(5-7(16)17)8(18)9(3,14)10(11,12)13/h6H,4-5,14H2,1-3H3,(H,16,17). The van der Waals surface area contributed by atoms with Crippen molar-refractivity contribution in [3.63, 3.8) is 0 Å². The second-order valence-corrected chi connectivity index (χ2v) is 4.67. The molecule has 0 fully saturated rings. The molecular weight excluding hydrogens is 253 g/mol. The fraction of sp³-hybridized carbons (Fsp3) is 0.800. The zero-order chi connectivity index (χ0) is 14.7. The van der Waals surface area contributed by atoms with Crippen LogP contribution in [0.25, 0.3) is 0 Å². The van der Waals surface area contributed by atoms with Crippen LogP contribution in [-0.2, 0) is 9.59 Å². The van der Waals surface area contributed by atoms with Gasteiger partial charge in [-0.1, -0.05) is 13.8 Å². The second-order valence-electron chi connectivity index (χ2n) is 4.67. The van der Waals surface area contributed by atoms with Crippen molar-refractivity contribution >= 4 is 11.9 Å². The lowest BCUT2D eigenvalue weighted by molar-refractivity contribution is -0.194. The highest BCUT2D eigenvalue weighted by Gasteiger charge is 2.55. The van der Waals surface area contributed by atoms with E-state index in [1.54, 1.807) is 13.8 Å². The first-order chi connectivity index (χ1) is 7.89. The first-order valence-corrected chi connectivity index (χ1v) is 5.26. The van der Waals surface area contributed by atoms with Crippen molar-refractivity contribution in [3.8, 4) is 0 Å². The molecule has 3 N–H and O–H groups in total. The first kappa shape index (κ1) is 16.7. The summed E-state index contributed by atoms with van der Waals surface area (Å²) < 4.78 is 37.8. The molecule has 1 amide bonds. The van der Waals surface area contributed by atoms with Crippen LogP contribution in [0, 0.1) is 5.92 Å². The van der Waals surface area contributed by atoms with Crippen LogP contribution in [0.4, 0.5) is 13.2 Å². The molecule has 1 unspecified atom stereocenters. The van der Waals surface area contributed by atoms with Crippen LogP contribution < -0.4 is 5.73 Å². The highest BCUT2D eigenvalue weighted by Crippen LogP contribution is 2.29. The van der Waals surface area contributed by atoms with Crippen LogP contribution in [0.3, 0.4) is 0 Å². The molecule has 18 heavy (non-hydrogen) atoms. The molecule has 0 aromatic heterocycles. The van der Waals surface area contributed by atoms with Gasteiger partial charge in [-0.3, -0.25) is 9.59 Å². The number of halogens is 3. The smallest absolute Gasteiger partial charge is 0.415 e. The third-order valence-corrected chi connectivity index (χ3v) is 2.23. The number of amides is 1. The van der Waals surface area contributed by atoms with E-state index in [0.29, 0.717) is 11.8 Å². The lowest BCUT2D eigenvalue weighted by atomic mass is 10.0. The molecule has 8 heteroatoms. The molecule has 0 heterocycles. The van der Waals surface area contributed by atoms with Gasteiger partial charge in [-0.15, -0.1) is 0 Å². The summed E-state index contributed by atoms with van der Waals surface area (Å²) >= 11 is 0. The molecular formula is C10H17F3N2O3. The van der Waals surface area contributed by atoms with Gasteiger partial charge in [0.2, 0.25) is 0 Å². The van der Waals surface area contributed by atoms with E-state index in [4.69, 9.17) is 10.8 Å². The number of carboxylic acids is 1. The van der Waals surface area contributed by atoms with E-state index >= 15 is 0 Å². The molecule has 1 atom stereocenters. The Labute approximate surface area is 103 Å². The molecule has 5 nitrogen and oxygen atoms in total. The topological polar surface area (TPSA) is 83.6 Å². The highest BCUT2D eigenvalue weighted by atomic mass is 19.4. The highest BCUT2D eigenvalue weighted by molar-refractivity contribution is 5.89. The fourth-order valence-electron chi connectivity index (χ4n) is 1.27. The summed E-state index contributed by atoms with van der Waals surface area (Å²) in [6.45, 7) is 2.94. The quantitative estimate of drug-likeness (QED) is 0.775. The number of aliphatic carboxylic acids is 1. The van der Waals surface area contributed by atoms with Crippen molar-refractivity contribution in [2.75, 3.05) is 13.1 Å². The number of hydrogen-bond donors (Lipinski definition) is 2. The Morgan fingerprint density at radius 2 is 1.78 bits per heavy atom. The Morgan fingerprint density at radius 1 is 1.33 bits per heavy atom. The Bertz CT molecular complexity index is 327. The van der Waals surface area contributed by atoms with Gasteiger partial charge in [-0.2, -0.15) is 13.2 Å². The number of carbonyl (C=O) groups is 2. The summed E-state index contributed by atoms with van der Waals surface area (Å²) in [5.41, 5.74) is 1.89. The maximum Gasteiger partial charge on any atom is 0.415 e. The van der Waals surface area contributed by atoms with Crippen LogP contribution in [0.5, 0.6) is 0 Å². The Kier molecular flexibility index (Phi) is 5.15. The Balaban J connectivity index is 5.12. The predicted molar refractivity (Wildman–Crippen MR) is 57.7 cm³/mol. The van der Waals surface area contributed by atoms with Gasteiger partial charge in [0.15, 0.2) is 5.54 Å². The van der Waals surface area contributed by atoms with Crippen molar-refractivity contribution in [1.29, 1.82) is 0 Å². The average molecular weight is 270 g/mol. The predicted octanol–water partition coefficient (Wildman–Crippen LogP) is 0.835. The van der Waals surface area contributed by atoms with Crippen LogP contribution in [0.15, 0.2) is 0 Å². The molecule has 0 radical (unpaired) electrons. The molecule has 0 rings (SSSR count). The minimum Gasteiger partial charge on any atom is -0.480 e. The van der Waals surface area contributed by atoms with E-state index in [1.807, 2.05) is 0 Å². The number of alkyl halides is 3. The fourth-order valence-corrected chi connectivity index (χ4v) is 1.27. The number of hydrogen-bond acceptors (Lipinski definition) is 3. The molecule has 0 aliphatic carbocycles. The van der Waals surface area contributed by atoms with Crippen LogP contribution in [0.2, 0.25) is 0 Å². The number of nitrogens with two attached hydrogens (primary N) is 1. The van der Waals surface area contributed by atoms with E-state index in [-0.39, 0.29) is 12.5 Å². The Morgan fingerprint density at radius 3 is 2.06 bits per heavy atom. The van der Waals surface area contributed by atoms with Crippen LogP contribution in [-0.4, -0.2) is 46.7 Å². The van der Waals surface area contributed by atoms with Gasteiger partial charge in [0.25, 0.3) is 5.91 Å². The molecule has 0 aliphatic rings. The van der Waals surface area contributed by atoms with Gasteiger partial charge in [0, 0.05) is 6.54 Å². The summed E-state index contributed by atoms with van der Waals surface area (Å²) in [4.78, 5) is 22.9. The van der Waals surface area contributed by atoms with Gasteiger partial charge in [-0.05, 0) is 12.8 Å². The molecule has 106 valence electrons. The number of carboxylic acid groups (broad SMARTS) is 1. The average Bonchev–Trinajstić information content (AvgIpc) is 2.12. The maximum absolute atomic E-state index is 12.6. The van der Waals surface area contributed by atoms with Crippen LogP contribution >= 0.6 is 0 Å². The van der Waals surface area contributed by atoms with Crippen molar-refractivity contribution in [1.82, 2.24) is 4.90 Å². The SMILES string of the molecule is CC(C)CN(CC(=O)O)C(=O)C(C)(N)C(F)(F)F. The summed E-state index contributed by atoms with van der Waals surface area (Å²) in [5.74, 6) is -2.99. The van der Waals surface area contributed by atoms with E-state index in [9.17, 15) is 22.8 Å². The van der Waals surface area contributed by atoms with Crippen LogP contribution in [0.1, 0.15) is 20.8 Å². The number of carbonyl (C=O) groups excluding carboxylic acids is 1. The molecule has 0 bridgehead atoms. The largest absolute Gasteiger partial charge is 0.480 e. The molecule has 0 spiro atoms. The molecule has 0 saturated heterocycles. The number of rotatable bonds is 5. The number of nitrogens with zero attached hydrogens (tertiary/aromatic N) is 1. The lowest BCUT2D eigenvalue weighted by Crippen LogP contribution is -2.63. The van der Waals surface area contributed by atoms with Crippen molar-refractivity contribution in [2.45, 2.75) is 32.5 Å². The normalized spacial score (nSPS) is 15.3. The van der Waals surface area contributed by atoms with Crippen molar-refractivity contribution in [3.05, 3.63) is 0 Å². The second kappa shape index (κ2) is 5.55. The molecule has 0 aromatic carbocycles. The Hall–Kier alpha value is -1.31. The third-order valence-electron chi connectivity index (χ3n) is 2.23.